The fourth-order valence-corrected chi connectivity index (χ4v) is 5.36. The number of hydrogen-bond acceptors (Lipinski definition) is 5. The average Bonchev–Trinajstić information content (AvgIpc) is 3.05. The van der Waals surface area contributed by atoms with E-state index >= 15 is 0 Å². The van der Waals surface area contributed by atoms with Crippen molar-refractivity contribution in [2.24, 2.45) is 0 Å². The molecule has 1 N–H and O–H groups in total. The predicted molar refractivity (Wildman–Crippen MR) is 90.0 cm³/mol. The first-order chi connectivity index (χ1) is 10.3. The van der Waals surface area contributed by atoms with Gasteiger partial charge in [-0.3, -0.25) is 4.79 Å². The van der Waals surface area contributed by atoms with Gasteiger partial charge in [0, 0.05) is 11.9 Å². The first kappa shape index (κ1) is 17.4. The molecule has 2 aromatic rings. The Kier molecular flexibility index (Phi) is 5.62. The summed E-state index contributed by atoms with van der Waals surface area (Å²) in [7, 11) is -2.31. The van der Waals surface area contributed by atoms with Gasteiger partial charge < -0.3 is 5.32 Å². The van der Waals surface area contributed by atoms with Crippen LogP contribution in [0.4, 0.5) is 0 Å². The number of halogens is 1. The number of rotatable bonds is 6. The summed E-state index contributed by atoms with van der Waals surface area (Å²) in [6.45, 7) is 2.14. The summed E-state index contributed by atoms with van der Waals surface area (Å²) >= 11 is 8.28. The molecule has 22 heavy (non-hydrogen) atoms. The third-order valence-corrected chi connectivity index (χ3v) is 7.52. The molecule has 0 bridgehead atoms. The SMILES string of the molecule is Cc1ccsc1CNC(=O)CN(C)S(=O)(=O)c1ccc(Cl)s1. The van der Waals surface area contributed by atoms with E-state index in [1.54, 1.807) is 11.3 Å². The van der Waals surface area contributed by atoms with Crippen molar-refractivity contribution in [3.63, 3.8) is 0 Å². The van der Waals surface area contributed by atoms with Gasteiger partial charge in [-0.05, 0) is 36.1 Å². The Balaban J connectivity index is 1.95. The van der Waals surface area contributed by atoms with Gasteiger partial charge in [0.15, 0.2) is 0 Å². The molecular weight excluding hydrogens is 364 g/mol. The Morgan fingerprint density at radius 3 is 2.64 bits per heavy atom. The van der Waals surface area contributed by atoms with Crippen LogP contribution < -0.4 is 5.32 Å². The second-order valence-electron chi connectivity index (χ2n) is 4.62. The number of nitrogens with zero attached hydrogens (tertiary/aromatic N) is 1. The number of carbonyl (C=O) groups is 1. The second kappa shape index (κ2) is 7.10. The summed E-state index contributed by atoms with van der Waals surface area (Å²) in [5, 5.41) is 4.68. The van der Waals surface area contributed by atoms with Crippen LogP contribution in [0.2, 0.25) is 4.34 Å². The number of thiophene rings is 2. The summed E-state index contributed by atoms with van der Waals surface area (Å²) in [5.41, 5.74) is 1.11. The van der Waals surface area contributed by atoms with Crippen molar-refractivity contribution in [3.8, 4) is 0 Å². The van der Waals surface area contributed by atoms with Crippen LogP contribution in [-0.2, 0) is 21.4 Å². The lowest BCUT2D eigenvalue weighted by molar-refractivity contribution is -0.121. The fraction of sp³-hybridized carbons (Fsp3) is 0.308. The van der Waals surface area contributed by atoms with Crippen LogP contribution in [0.3, 0.4) is 0 Å². The molecule has 9 heteroatoms. The fourth-order valence-electron chi connectivity index (χ4n) is 1.70. The highest BCUT2D eigenvalue weighted by atomic mass is 35.5. The van der Waals surface area contributed by atoms with Gasteiger partial charge in [0.25, 0.3) is 10.0 Å². The van der Waals surface area contributed by atoms with E-state index < -0.39 is 10.0 Å². The van der Waals surface area contributed by atoms with Gasteiger partial charge in [-0.2, -0.15) is 4.31 Å². The van der Waals surface area contributed by atoms with Gasteiger partial charge in [0.05, 0.1) is 17.4 Å². The quantitative estimate of drug-likeness (QED) is 0.840. The van der Waals surface area contributed by atoms with E-state index in [9.17, 15) is 13.2 Å². The Hall–Kier alpha value is -0.930. The minimum absolute atomic E-state index is 0.127. The van der Waals surface area contributed by atoms with Gasteiger partial charge in [-0.25, -0.2) is 8.42 Å². The molecule has 1 amide bonds. The standard InChI is InChI=1S/C13H15ClN2O3S3/c1-9-5-6-20-10(9)7-15-12(17)8-16(2)22(18,19)13-4-3-11(14)21-13/h3-6H,7-8H2,1-2H3,(H,15,17). The number of amides is 1. The van der Waals surface area contributed by atoms with Crippen molar-refractivity contribution >= 4 is 50.2 Å². The zero-order chi connectivity index (χ0) is 16.3. The van der Waals surface area contributed by atoms with E-state index in [2.05, 4.69) is 5.32 Å². The minimum Gasteiger partial charge on any atom is -0.350 e. The number of carbonyl (C=O) groups excluding carboxylic acids is 1. The third-order valence-electron chi connectivity index (χ3n) is 2.99. The monoisotopic (exact) mass is 378 g/mol. The molecule has 0 aromatic carbocycles. The van der Waals surface area contributed by atoms with Crippen LogP contribution in [0.1, 0.15) is 10.4 Å². The summed E-state index contributed by atoms with van der Waals surface area (Å²) in [5.74, 6) is -0.346. The van der Waals surface area contributed by atoms with Crippen molar-refractivity contribution < 1.29 is 13.2 Å². The maximum Gasteiger partial charge on any atom is 0.252 e. The Morgan fingerprint density at radius 1 is 1.36 bits per heavy atom. The largest absolute Gasteiger partial charge is 0.350 e. The lowest BCUT2D eigenvalue weighted by Gasteiger charge is -2.15. The smallest absolute Gasteiger partial charge is 0.252 e. The highest BCUT2D eigenvalue weighted by Crippen LogP contribution is 2.27. The average molecular weight is 379 g/mol. The maximum absolute atomic E-state index is 12.3. The number of likely N-dealkylation sites (N-methyl/N-ethyl adjacent to an activating group) is 1. The van der Waals surface area contributed by atoms with E-state index in [1.807, 2.05) is 18.4 Å². The Bertz CT molecular complexity index is 767. The van der Waals surface area contributed by atoms with Crippen LogP contribution in [0.15, 0.2) is 27.8 Å². The lowest BCUT2D eigenvalue weighted by atomic mass is 10.3. The van der Waals surface area contributed by atoms with E-state index in [4.69, 9.17) is 11.6 Å². The van der Waals surface area contributed by atoms with E-state index in [0.29, 0.717) is 10.9 Å². The van der Waals surface area contributed by atoms with Crippen LogP contribution in [0.25, 0.3) is 0 Å². The van der Waals surface area contributed by atoms with Gasteiger partial charge in [-0.1, -0.05) is 11.6 Å². The van der Waals surface area contributed by atoms with Crippen molar-refractivity contribution in [1.82, 2.24) is 9.62 Å². The molecule has 0 saturated heterocycles. The molecule has 0 unspecified atom stereocenters. The van der Waals surface area contributed by atoms with Gasteiger partial charge in [0.2, 0.25) is 5.91 Å². The molecular formula is C13H15ClN2O3S3. The van der Waals surface area contributed by atoms with Crippen LogP contribution in [0, 0.1) is 6.92 Å². The molecule has 120 valence electrons. The van der Waals surface area contributed by atoms with Crippen molar-refractivity contribution in [3.05, 3.63) is 38.4 Å². The van der Waals surface area contributed by atoms with E-state index in [1.165, 1.54) is 19.2 Å². The molecule has 5 nitrogen and oxygen atoms in total. The number of hydrogen-bond donors (Lipinski definition) is 1. The topological polar surface area (TPSA) is 66.5 Å². The lowest BCUT2D eigenvalue weighted by Crippen LogP contribution is -2.37. The first-order valence-corrected chi connectivity index (χ1v) is 9.83. The highest BCUT2D eigenvalue weighted by Gasteiger charge is 2.24. The summed E-state index contributed by atoms with van der Waals surface area (Å²) in [6.07, 6.45) is 0. The van der Waals surface area contributed by atoms with E-state index in [-0.39, 0.29) is 16.7 Å². The highest BCUT2D eigenvalue weighted by molar-refractivity contribution is 7.91. The third kappa shape index (κ3) is 4.08. The molecule has 0 spiro atoms. The second-order valence-corrected chi connectivity index (χ2v) is 9.61. The first-order valence-electron chi connectivity index (χ1n) is 6.32. The molecule has 0 aliphatic carbocycles. The molecule has 0 saturated carbocycles. The number of sulfonamides is 1. The molecule has 2 aromatic heterocycles. The van der Waals surface area contributed by atoms with Crippen molar-refractivity contribution in [1.29, 1.82) is 0 Å². The Morgan fingerprint density at radius 2 is 2.09 bits per heavy atom. The predicted octanol–water partition coefficient (Wildman–Crippen LogP) is 2.71. The van der Waals surface area contributed by atoms with Crippen molar-refractivity contribution in [2.75, 3.05) is 13.6 Å². The molecule has 0 aliphatic heterocycles. The summed E-state index contributed by atoms with van der Waals surface area (Å²) in [6, 6.07) is 4.93. The Labute approximate surface area is 142 Å². The van der Waals surface area contributed by atoms with Gasteiger partial charge >= 0.3 is 0 Å². The number of aryl methyl sites for hydroxylation is 1. The molecule has 2 rings (SSSR count). The molecule has 2 heterocycles. The summed E-state index contributed by atoms with van der Waals surface area (Å²) < 4.78 is 26.1. The van der Waals surface area contributed by atoms with Crippen LogP contribution in [-0.4, -0.2) is 32.2 Å². The normalized spacial score (nSPS) is 11.8. The number of nitrogens with one attached hydrogen (secondary N) is 1. The molecule has 0 aliphatic rings. The zero-order valence-corrected chi connectivity index (χ0v) is 15.2. The zero-order valence-electron chi connectivity index (χ0n) is 12.0. The van der Waals surface area contributed by atoms with E-state index in [0.717, 1.165) is 26.1 Å². The summed E-state index contributed by atoms with van der Waals surface area (Å²) in [4.78, 5) is 13.0. The molecule has 0 atom stereocenters. The van der Waals surface area contributed by atoms with Gasteiger partial charge in [0.1, 0.15) is 4.21 Å². The minimum atomic E-state index is -3.68. The molecule has 0 fully saturated rings. The van der Waals surface area contributed by atoms with Gasteiger partial charge in [-0.15, -0.1) is 22.7 Å². The van der Waals surface area contributed by atoms with Crippen molar-refractivity contribution in [2.45, 2.75) is 17.7 Å². The maximum atomic E-state index is 12.3. The van der Waals surface area contributed by atoms with Crippen LogP contribution in [0.5, 0.6) is 0 Å². The van der Waals surface area contributed by atoms with Crippen LogP contribution >= 0.6 is 34.3 Å². The molecule has 0 radical (unpaired) electrons.